The van der Waals surface area contributed by atoms with Gasteiger partial charge >= 0.3 is 6.09 Å². The highest BCUT2D eigenvalue weighted by molar-refractivity contribution is 9.09. The summed E-state index contributed by atoms with van der Waals surface area (Å²) in [6.07, 6.45) is -0.302. The second kappa shape index (κ2) is 6.59. The second-order valence-electron chi connectivity index (χ2n) is 5.28. The van der Waals surface area contributed by atoms with Crippen LogP contribution in [0.25, 0.3) is 0 Å². The predicted molar refractivity (Wildman–Crippen MR) is 72.7 cm³/mol. The molecular weight excluding hydrogens is 286 g/mol. The van der Waals surface area contributed by atoms with Crippen LogP contribution in [-0.4, -0.2) is 47.7 Å². The van der Waals surface area contributed by atoms with Gasteiger partial charge in [-0.1, -0.05) is 15.9 Å². The van der Waals surface area contributed by atoms with Crippen LogP contribution in [-0.2, 0) is 9.47 Å². The predicted octanol–water partition coefficient (Wildman–Crippen LogP) is 3.04. The van der Waals surface area contributed by atoms with Gasteiger partial charge in [-0.2, -0.15) is 0 Å². The van der Waals surface area contributed by atoms with E-state index in [2.05, 4.69) is 15.9 Å². The highest BCUT2D eigenvalue weighted by Crippen LogP contribution is 2.17. The van der Waals surface area contributed by atoms with Crippen LogP contribution in [0.2, 0.25) is 0 Å². The number of ether oxygens (including phenoxy) is 2. The van der Waals surface area contributed by atoms with Crippen molar-refractivity contribution in [2.45, 2.75) is 45.8 Å². The highest BCUT2D eigenvalue weighted by atomic mass is 79.9. The minimum atomic E-state index is -0.470. The Morgan fingerprint density at radius 1 is 1.29 bits per heavy atom. The maximum Gasteiger partial charge on any atom is 0.410 e. The van der Waals surface area contributed by atoms with Gasteiger partial charge in [-0.05, 0) is 34.6 Å². The van der Waals surface area contributed by atoms with Crippen molar-refractivity contribution in [3.8, 4) is 0 Å². The third-order valence-corrected chi connectivity index (χ3v) is 3.52. The third kappa shape index (κ3) is 6.27. The van der Waals surface area contributed by atoms with E-state index in [9.17, 15) is 4.79 Å². The van der Waals surface area contributed by atoms with Crippen molar-refractivity contribution in [3.63, 3.8) is 0 Å². The number of nitrogens with zero attached hydrogens (tertiary/aromatic N) is 1. The van der Waals surface area contributed by atoms with Gasteiger partial charge in [-0.25, -0.2) is 4.79 Å². The molecule has 1 atom stereocenters. The Kier molecular flexibility index (Phi) is 6.48. The fourth-order valence-electron chi connectivity index (χ4n) is 1.20. The van der Waals surface area contributed by atoms with Crippen LogP contribution < -0.4 is 0 Å². The molecule has 4 nitrogen and oxygen atoms in total. The monoisotopic (exact) mass is 309 g/mol. The van der Waals surface area contributed by atoms with Gasteiger partial charge in [0, 0.05) is 19.0 Å². The Hall–Kier alpha value is -0.290. The van der Waals surface area contributed by atoms with Crippen LogP contribution in [0.1, 0.15) is 34.6 Å². The molecule has 0 spiro atoms. The molecule has 0 saturated heterocycles. The fourth-order valence-corrected chi connectivity index (χ4v) is 1.60. The minimum absolute atomic E-state index is 0.302. The zero-order valence-corrected chi connectivity index (χ0v) is 13.3. The molecule has 0 rings (SSSR count). The average Bonchev–Trinajstić information content (AvgIpc) is 2.23. The lowest BCUT2D eigenvalue weighted by Crippen LogP contribution is -2.47. The first-order valence-corrected chi connectivity index (χ1v) is 6.88. The smallest absolute Gasteiger partial charge is 0.410 e. The Labute approximate surface area is 113 Å². The Morgan fingerprint density at radius 3 is 2.12 bits per heavy atom. The van der Waals surface area contributed by atoms with E-state index in [0.29, 0.717) is 18.4 Å². The van der Waals surface area contributed by atoms with Crippen molar-refractivity contribution in [1.29, 1.82) is 0 Å². The van der Waals surface area contributed by atoms with Gasteiger partial charge in [0.25, 0.3) is 0 Å². The molecule has 0 radical (unpaired) electrons. The topological polar surface area (TPSA) is 38.8 Å². The molecule has 0 fully saturated rings. The fraction of sp³-hybridized carbons (Fsp3) is 0.917. The molecule has 0 aromatic carbocycles. The van der Waals surface area contributed by atoms with E-state index >= 15 is 0 Å². The van der Waals surface area contributed by atoms with Crippen LogP contribution in [0.3, 0.4) is 0 Å². The molecule has 17 heavy (non-hydrogen) atoms. The van der Waals surface area contributed by atoms with Gasteiger partial charge in [0.05, 0.1) is 12.1 Å². The average molecular weight is 310 g/mol. The van der Waals surface area contributed by atoms with Gasteiger partial charge in [-0.15, -0.1) is 0 Å². The first-order valence-electron chi connectivity index (χ1n) is 5.76. The van der Waals surface area contributed by atoms with E-state index in [1.165, 1.54) is 0 Å². The first-order chi connectivity index (χ1) is 7.67. The molecule has 102 valence electrons. The quantitative estimate of drug-likeness (QED) is 0.733. The van der Waals surface area contributed by atoms with Gasteiger partial charge in [-0.3, -0.25) is 0 Å². The van der Waals surface area contributed by atoms with Crippen molar-refractivity contribution in [1.82, 2.24) is 4.90 Å². The summed E-state index contributed by atoms with van der Waals surface area (Å²) in [4.78, 5) is 13.6. The lowest BCUT2D eigenvalue weighted by atomic mass is 10.1. The molecule has 5 heteroatoms. The zero-order valence-electron chi connectivity index (χ0n) is 11.7. The van der Waals surface area contributed by atoms with E-state index in [-0.39, 0.29) is 6.09 Å². The number of carbonyl (C=O) groups is 1. The summed E-state index contributed by atoms with van der Waals surface area (Å²) < 4.78 is 10.7. The molecule has 0 aliphatic heterocycles. The lowest BCUT2D eigenvalue weighted by molar-refractivity contribution is -0.0191. The van der Waals surface area contributed by atoms with Crippen molar-refractivity contribution < 1.29 is 14.3 Å². The second-order valence-corrected chi connectivity index (χ2v) is 5.84. The number of likely N-dealkylation sites (N-methyl/N-ethyl adjacent to an activating group) is 1. The maximum absolute atomic E-state index is 11.9. The standard InChI is InChI=1S/C12H24BrNO3/c1-7-14(9-12(5,8-13)16-6)10(15)17-11(2,3)4/h7-9H2,1-6H3. The summed E-state index contributed by atoms with van der Waals surface area (Å²) in [6, 6.07) is 0. The van der Waals surface area contributed by atoms with Crippen molar-refractivity contribution >= 4 is 22.0 Å². The van der Waals surface area contributed by atoms with Crippen molar-refractivity contribution in [3.05, 3.63) is 0 Å². The Morgan fingerprint density at radius 2 is 1.82 bits per heavy atom. The molecule has 0 heterocycles. The molecule has 1 unspecified atom stereocenters. The van der Waals surface area contributed by atoms with Gasteiger partial charge in [0.1, 0.15) is 5.60 Å². The molecule has 0 saturated carbocycles. The number of methoxy groups -OCH3 is 1. The summed E-state index contributed by atoms with van der Waals surface area (Å²) in [5.74, 6) is 0. The third-order valence-electron chi connectivity index (χ3n) is 2.33. The van der Waals surface area contributed by atoms with Crippen molar-refractivity contribution in [2.75, 3.05) is 25.5 Å². The Bertz CT molecular complexity index is 247. The number of hydrogen-bond donors (Lipinski definition) is 0. The highest BCUT2D eigenvalue weighted by Gasteiger charge is 2.29. The van der Waals surface area contributed by atoms with E-state index in [4.69, 9.17) is 9.47 Å². The largest absolute Gasteiger partial charge is 0.444 e. The van der Waals surface area contributed by atoms with Gasteiger partial charge < -0.3 is 14.4 Å². The van der Waals surface area contributed by atoms with Crippen LogP contribution in [0.4, 0.5) is 4.79 Å². The van der Waals surface area contributed by atoms with Crippen LogP contribution in [0.5, 0.6) is 0 Å². The van der Waals surface area contributed by atoms with E-state index < -0.39 is 11.2 Å². The lowest BCUT2D eigenvalue weighted by Gasteiger charge is -2.33. The first kappa shape index (κ1) is 16.7. The molecule has 0 aliphatic carbocycles. The normalized spacial score (nSPS) is 15.2. The van der Waals surface area contributed by atoms with Crippen molar-refractivity contribution in [2.24, 2.45) is 0 Å². The maximum atomic E-state index is 11.9. The Balaban J connectivity index is 4.58. The number of hydrogen-bond acceptors (Lipinski definition) is 3. The summed E-state index contributed by atoms with van der Waals surface area (Å²) in [6.45, 7) is 10.6. The number of alkyl halides is 1. The van der Waals surface area contributed by atoms with E-state index in [0.717, 1.165) is 0 Å². The molecular formula is C12H24BrNO3. The minimum Gasteiger partial charge on any atom is -0.444 e. The number of amides is 1. The van der Waals surface area contributed by atoms with Gasteiger partial charge in [0.2, 0.25) is 0 Å². The summed E-state index contributed by atoms with van der Waals surface area (Å²) in [7, 11) is 1.64. The zero-order chi connectivity index (χ0) is 13.7. The number of halogens is 1. The molecule has 0 N–H and O–H groups in total. The summed E-state index contributed by atoms with van der Waals surface area (Å²) >= 11 is 3.40. The molecule has 0 aromatic rings. The molecule has 0 aliphatic rings. The van der Waals surface area contributed by atoms with Crippen LogP contribution >= 0.6 is 15.9 Å². The SMILES string of the molecule is CCN(CC(C)(CBr)OC)C(=O)OC(C)(C)C. The van der Waals surface area contributed by atoms with Gasteiger partial charge in [0.15, 0.2) is 0 Å². The van der Waals surface area contributed by atoms with E-state index in [1.54, 1.807) is 12.0 Å². The van der Waals surface area contributed by atoms with Crippen LogP contribution in [0.15, 0.2) is 0 Å². The van der Waals surface area contributed by atoms with Crippen LogP contribution in [0, 0.1) is 0 Å². The number of carbonyl (C=O) groups excluding carboxylic acids is 1. The molecule has 0 bridgehead atoms. The van der Waals surface area contributed by atoms with E-state index in [1.807, 2.05) is 34.6 Å². The summed E-state index contributed by atoms with van der Waals surface area (Å²) in [5, 5.41) is 0.662. The molecule has 0 aromatic heterocycles. The molecule has 1 amide bonds. The number of rotatable bonds is 5. The summed E-state index contributed by atoms with van der Waals surface area (Å²) in [5.41, 5.74) is -0.866.